The van der Waals surface area contributed by atoms with Gasteiger partial charge in [0.25, 0.3) is 0 Å². The van der Waals surface area contributed by atoms with Gasteiger partial charge in [0.05, 0.1) is 6.54 Å². The zero-order valence-electron chi connectivity index (χ0n) is 12.7. The number of nitrogens with one attached hydrogen (secondary N) is 1. The molecule has 1 aromatic heterocycles. The Hall–Kier alpha value is -1.92. The zero-order chi connectivity index (χ0) is 15.2. The smallest absolute Gasteiger partial charge is 0.164 e. The third-order valence-corrected chi connectivity index (χ3v) is 3.08. The molecule has 0 radical (unpaired) electrons. The maximum Gasteiger partial charge on any atom is 0.164 e. The molecular weight excluding hydrogens is 268 g/mol. The summed E-state index contributed by atoms with van der Waals surface area (Å²) in [5.74, 6) is 1.53. The number of hydrogen-bond acceptors (Lipinski definition) is 5. The van der Waals surface area contributed by atoms with Crippen LogP contribution in [0.4, 0.5) is 0 Å². The number of aliphatic hydroxyl groups is 1. The molecule has 6 heteroatoms. The molecule has 6 nitrogen and oxygen atoms in total. The average Bonchev–Trinajstić information content (AvgIpc) is 2.85. The molecule has 2 N–H and O–H groups in total. The molecular formula is C15H22N4O2. The molecule has 2 aromatic rings. The van der Waals surface area contributed by atoms with Crippen molar-refractivity contribution in [1.29, 1.82) is 0 Å². The predicted octanol–water partition coefficient (Wildman–Crippen LogP) is 0.961. The normalized spacial score (nSPS) is 12.4. The molecule has 0 fully saturated rings. The Kier molecular flexibility index (Phi) is 5.30. The molecule has 0 aliphatic rings. The lowest BCUT2D eigenvalue weighted by atomic mass is 10.1. The third-order valence-electron chi connectivity index (χ3n) is 3.08. The fraction of sp³-hybridized carbons (Fsp3) is 0.467. The van der Waals surface area contributed by atoms with Gasteiger partial charge in [-0.1, -0.05) is 12.1 Å². The van der Waals surface area contributed by atoms with Gasteiger partial charge in [0.1, 0.15) is 24.8 Å². The van der Waals surface area contributed by atoms with Crippen LogP contribution in [-0.4, -0.2) is 39.1 Å². The lowest BCUT2D eigenvalue weighted by Crippen LogP contribution is -2.31. The fourth-order valence-corrected chi connectivity index (χ4v) is 1.92. The van der Waals surface area contributed by atoms with E-state index in [2.05, 4.69) is 15.4 Å². The fourth-order valence-electron chi connectivity index (χ4n) is 1.92. The van der Waals surface area contributed by atoms with E-state index in [0.29, 0.717) is 18.9 Å². The van der Waals surface area contributed by atoms with Crippen LogP contribution in [0.15, 0.2) is 24.5 Å². The van der Waals surface area contributed by atoms with Gasteiger partial charge in [0.2, 0.25) is 0 Å². The van der Waals surface area contributed by atoms with Crippen LogP contribution < -0.4 is 10.1 Å². The van der Waals surface area contributed by atoms with Crippen molar-refractivity contribution in [2.75, 3.05) is 13.2 Å². The molecule has 1 atom stereocenters. The quantitative estimate of drug-likeness (QED) is 0.795. The van der Waals surface area contributed by atoms with Crippen molar-refractivity contribution >= 4 is 0 Å². The molecule has 1 aromatic carbocycles. The summed E-state index contributed by atoms with van der Waals surface area (Å²) in [7, 11) is 1.82. The number of aryl methyl sites for hydroxylation is 3. The number of rotatable bonds is 7. The summed E-state index contributed by atoms with van der Waals surface area (Å²) in [6, 6.07) is 6.04. The molecule has 21 heavy (non-hydrogen) atoms. The highest BCUT2D eigenvalue weighted by molar-refractivity contribution is 5.35. The van der Waals surface area contributed by atoms with E-state index in [4.69, 9.17) is 4.74 Å². The van der Waals surface area contributed by atoms with Crippen LogP contribution in [0.3, 0.4) is 0 Å². The Morgan fingerprint density at radius 2 is 2.19 bits per heavy atom. The maximum absolute atomic E-state index is 9.92. The van der Waals surface area contributed by atoms with Crippen molar-refractivity contribution in [3.05, 3.63) is 41.5 Å². The highest BCUT2D eigenvalue weighted by Gasteiger charge is 2.07. The molecule has 0 amide bonds. The monoisotopic (exact) mass is 290 g/mol. The van der Waals surface area contributed by atoms with E-state index < -0.39 is 6.10 Å². The summed E-state index contributed by atoms with van der Waals surface area (Å²) >= 11 is 0. The van der Waals surface area contributed by atoms with Crippen LogP contribution in [0.1, 0.15) is 17.0 Å². The van der Waals surface area contributed by atoms with Crippen molar-refractivity contribution < 1.29 is 9.84 Å². The second-order valence-electron chi connectivity index (χ2n) is 5.20. The highest BCUT2D eigenvalue weighted by atomic mass is 16.5. The maximum atomic E-state index is 9.92. The number of benzene rings is 1. The van der Waals surface area contributed by atoms with Gasteiger partial charge in [-0.25, -0.2) is 4.98 Å². The first-order valence-corrected chi connectivity index (χ1v) is 6.98. The van der Waals surface area contributed by atoms with E-state index in [9.17, 15) is 5.11 Å². The van der Waals surface area contributed by atoms with E-state index in [1.807, 2.05) is 39.1 Å². The Morgan fingerprint density at radius 1 is 1.38 bits per heavy atom. The summed E-state index contributed by atoms with van der Waals surface area (Å²) in [6.45, 7) is 5.23. The van der Waals surface area contributed by atoms with Crippen LogP contribution >= 0.6 is 0 Å². The van der Waals surface area contributed by atoms with Crippen molar-refractivity contribution in [3.8, 4) is 5.75 Å². The minimum atomic E-state index is -0.575. The van der Waals surface area contributed by atoms with Crippen molar-refractivity contribution in [2.24, 2.45) is 7.05 Å². The highest BCUT2D eigenvalue weighted by Crippen LogP contribution is 2.19. The molecule has 0 saturated carbocycles. The molecule has 1 unspecified atom stereocenters. The first-order valence-electron chi connectivity index (χ1n) is 6.98. The first kappa shape index (κ1) is 15.5. The van der Waals surface area contributed by atoms with Crippen molar-refractivity contribution in [3.63, 3.8) is 0 Å². The number of ether oxygens (including phenoxy) is 1. The molecule has 0 spiro atoms. The second kappa shape index (κ2) is 7.19. The van der Waals surface area contributed by atoms with E-state index in [1.165, 1.54) is 0 Å². The average molecular weight is 290 g/mol. The minimum absolute atomic E-state index is 0.257. The minimum Gasteiger partial charge on any atom is -0.491 e. The van der Waals surface area contributed by atoms with Gasteiger partial charge in [-0.05, 0) is 31.0 Å². The molecule has 114 valence electrons. The van der Waals surface area contributed by atoms with Crippen molar-refractivity contribution in [1.82, 2.24) is 20.1 Å². The molecule has 2 rings (SSSR count). The SMILES string of the molecule is Cc1ccc(C)c(OCC(O)CNCc2ncn(C)n2)c1. The molecule has 1 heterocycles. The van der Waals surface area contributed by atoms with Gasteiger partial charge in [-0.2, -0.15) is 5.10 Å². The van der Waals surface area contributed by atoms with Gasteiger partial charge < -0.3 is 15.2 Å². The van der Waals surface area contributed by atoms with Gasteiger partial charge in [-0.3, -0.25) is 4.68 Å². The predicted molar refractivity (Wildman–Crippen MR) is 80.1 cm³/mol. The molecule has 0 aliphatic carbocycles. The summed E-state index contributed by atoms with van der Waals surface area (Å²) in [5, 5.41) is 17.2. The van der Waals surface area contributed by atoms with Crippen molar-refractivity contribution in [2.45, 2.75) is 26.5 Å². The van der Waals surface area contributed by atoms with E-state index in [1.54, 1.807) is 11.0 Å². The zero-order valence-corrected chi connectivity index (χ0v) is 12.7. The lowest BCUT2D eigenvalue weighted by Gasteiger charge is -2.14. The summed E-state index contributed by atoms with van der Waals surface area (Å²) < 4.78 is 7.31. The second-order valence-corrected chi connectivity index (χ2v) is 5.20. The number of aliphatic hydroxyl groups excluding tert-OH is 1. The van der Waals surface area contributed by atoms with E-state index >= 15 is 0 Å². The van der Waals surface area contributed by atoms with Crippen LogP contribution in [0.5, 0.6) is 5.75 Å². The lowest BCUT2D eigenvalue weighted by molar-refractivity contribution is 0.105. The first-order chi connectivity index (χ1) is 10.0. The van der Waals surface area contributed by atoms with Crippen LogP contribution in [0.25, 0.3) is 0 Å². The van der Waals surface area contributed by atoms with Gasteiger partial charge in [-0.15, -0.1) is 0 Å². The third kappa shape index (κ3) is 4.84. The van der Waals surface area contributed by atoms with Crippen LogP contribution in [0, 0.1) is 13.8 Å². The van der Waals surface area contributed by atoms with Gasteiger partial charge in [0, 0.05) is 13.6 Å². The van der Waals surface area contributed by atoms with Gasteiger partial charge in [0.15, 0.2) is 5.82 Å². The summed E-state index contributed by atoms with van der Waals surface area (Å²) in [4.78, 5) is 4.10. The largest absolute Gasteiger partial charge is 0.491 e. The topological polar surface area (TPSA) is 72.2 Å². The van der Waals surface area contributed by atoms with Crippen LogP contribution in [0.2, 0.25) is 0 Å². The Bertz CT molecular complexity index is 583. The molecule has 0 aliphatic heterocycles. The summed E-state index contributed by atoms with van der Waals surface area (Å²) in [6.07, 6.45) is 1.07. The Labute approximate surface area is 124 Å². The Balaban J connectivity index is 1.72. The molecule has 0 bridgehead atoms. The number of aromatic nitrogens is 3. The summed E-state index contributed by atoms with van der Waals surface area (Å²) in [5.41, 5.74) is 2.21. The van der Waals surface area contributed by atoms with E-state index in [-0.39, 0.29) is 6.61 Å². The van der Waals surface area contributed by atoms with E-state index in [0.717, 1.165) is 16.9 Å². The van der Waals surface area contributed by atoms with Gasteiger partial charge >= 0.3 is 0 Å². The standard InChI is InChI=1S/C15H22N4O2/c1-11-4-5-12(2)14(6-11)21-9-13(20)7-16-8-15-17-10-19(3)18-15/h4-6,10,13,16,20H,7-9H2,1-3H3. The Morgan fingerprint density at radius 3 is 2.90 bits per heavy atom. The number of nitrogens with zero attached hydrogens (tertiary/aromatic N) is 3. The number of hydrogen-bond donors (Lipinski definition) is 2. The molecule has 0 saturated heterocycles. The van der Waals surface area contributed by atoms with Crippen LogP contribution in [-0.2, 0) is 13.6 Å².